The lowest BCUT2D eigenvalue weighted by Gasteiger charge is -2.08. The number of fused-ring (bicyclic) bond motifs is 1. The summed E-state index contributed by atoms with van der Waals surface area (Å²) in [6, 6.07) is 15.5. The molecule has 2 amide bonds. The summed E-state index contributed by atoms with van der Waals surface area (Å²) in [5.74, 6) is -0.531. The van der Waals surface area contributed by atoms with Gasteiger partial charge in [0.15, 0.2) is 0 Å². The van der Waals surface area contributed by atoms with Crippen LogP contribution in [0, 0.1) is 0 Å². The third-order valence-electron chi connectivity index (χ3n) is 4.08. The van der Waals surface area contributed by atoms with Gasteiger partial charge in [0.05, 0.1) is 6.61 Å². The number of benzene rings is 2. The summed E-state index contributed by atoms with van der Waals surface area (Å²) in [5.41, 5.74) is 0.559. The zero-order valence-corrected chi connectivity index (χ0v) is 16.2. The van der Waals surface area contributed by atoms with E-state index in [9.17, 15) is 14.4 Å². The molecule has 7 nitrogen and oxygen atoms in total. The van der Waals surface area contributed by atoms with Gasteiger partial charge in [-0.25, -0.2) is 9.59 Å². The molecule has 8 heteroatoms. The molecular formula is C21H19ClN2O5. The number of carbonyl (C=O) groups excluding carboxylic acids is 2. The fourth-order valence-electron chi connectivity index (χ4n) is 2.58. The van der Waals surface area contributed by atoms with Crippen LogP contribution in [-0.2, 0) is 11.3 Å². The number of halogens is 1. The minimum Gasteiger partial charge on any atom is -0.449 e. The maximum Gasteiger partial charge on any atom is 0.407 e. The lowest BCUT2D eigenvalue weighted by atomic mass is 10.2. The van der Waals surface area contributed by atoms with Crippen molar-refractivity contribution in [2.24, 2.45) is 0 Å². The molecule has 2 N–H and O–H groups in total. The third kappa shape index (κ3) is 5.83. The molecule has 0 radical (unpaired) electrons. The van der Waals surface area contributed by atoms with E-state index in [-0.39, 0.29) is 18.7 Å². The summed E-state index contributed by atoms with van der Waals surface area (Å²) in [4.78, 5) is 35.8. The van der Waals surface area contributed by atoms with E-state index in [4.69, 9.17) is 20.8 Å². The molecule has 0 fully saturated rings. The number of nitrogens with one attached hydrogen (secondary N) is 2. The second kappa shape index (κ2) is 9.75. The SMILES string of the molecule is O=C(NCc1ccc(Cl)cc1)OCCCNC(=O)c1cc2ccccc2oc1=O. The quantitative estimate of drug-likeness (QED) is 0.455. The van der Waals surface area contributed by atoms with E-state index in [2.05, 4.69) is 10.6 Å². The molecule has 0 spiro atoms. The van der Waals surface area contributed by atoms with Crippen LogP contribution in [-0.4, -0.2) is 25.2 Å². The molecule has 1 heterocycles. The number of para-hydroxylation sites is 1. The predicted molar refractivity (Wildman–Crippen MR) is 109 cm³/mol. The first-order valence-corrected chi connectivity index (χ1v) is 9.37. The molecule has 0 saturated heterocycles. The van der Waals surface area contributed by atoms with Crippen molar-refractivity contribution in [3.63, 3.8) is 0 Å². The van der Waals surface area contributed by atoms with E-state index in [0.717, 1.165) is 5.56 Å². The number of rotatable bonds is 7. The molecule has 0 unspecified atom stereocenters. The Morgan fingerprint density at radius 2 is 1.79 bits per heavy atom. The van der Waals surface area contributed by atoms with Gasteiger partial charge in [0.25, 0.3) is 5.91 Å². The van der Waals surface area contributed by atoms with Crippen LogP contribution in [0.25, 0.3) is 11.0 Å². The number of alkyl carbamates (subject to hydrolysis) is 1. The molecule has 29 heavy (non-hydrogen) atoms. The van der Waals surface area contributed by atoms with Crippen LogP contribution in [0.3, 0.4) is 0 Å². The molecule has 0 atom stereocenters. The lowest BCUT2D eigenvalue weighted by molar-refractivity contribution is 0.0946. The van der Waals surface area contributed by atoms with Crippen molar-refractivity contribution < 1.29 is 18.7 Å². The molecule has 150 valence electrons. The van der Waals surface area contributed by atoms with Crippen LogP contribution in [0.15, 0.2) is 63.8 Å². The van der Waals surface area contributed by atoms with Gasteiger partial charge in [-0.15, -0.1) is 0 Å². The van der Waals surface area contributed by atoms with Crippen molar-refractivity contribution >= 4 is 34.6 Å². The largest absolute Gasteiger partial charge is 0.449 e. The van der Waals surface area contributed by atoms with Gasteiger partial charge in [0.2, 0.25) is 0 Å². The van der Waals surface area contributed by atoms with Gasteiger partial charge in [-0.2, -0.15) is 0 Å². The highest BCUT2D eigenvalue weighted by molar-refractivity contribution is 6.30. The topological polar surface area (TPSA) is 97.6 Å². The highest BCUT2D eigenvalue weighted by Crippen LogP contribution is 2.12. The van der Waals surface area contributed by atoms with Gasteiger partial charge < -0.3 is 19.8 Å². The number of hydrogen-bond donors (Lipinski definition) is 2. The van der Waals surface area contributed by atoms with Gasteiger partial charge in [0.1, 0.15) is 11.1 Å². The Labute approximate surface area is 171 Å². The predicted octanol–water partition coefficient (Wildman–Crippen LogP) is 3.49. The van der Waals surface area contributed by atoms with Crippen LogP contribution in [0.1, 0.15) is 22.3 Å². The Balaban J connectivity index is 1.38. The van der Waals surface area contributed by atoms with Crippen LogP contribution in [0.2, 0.25) is 5.02 Å². The van der Waals surface area contributed by atoms with Gasteiger partial charge in [-0.1, -0.05) is 41.9 Å². The van der Waals surface area contributed by atoms with E-state index >= 15 is 0 Å². The van der Waals surface area contributed by atoms with Gasteiger partial charge in [-0.3, -0.25) is 4.79 Å². The van der Waals surface area contributed by atoms with E-state index in [1.54, 1.807) is 36.4 Å². The van der Waals surface area contributed by atoms with Crippen molar-refractivity contribution in [3.8, 4) is 0 Å². The highest BCUT2D eigenvalue weighted by atomic mass is 35.5. The second-order valence-electron chi connectivity index (χ2n) is 6.21. The van der Waals surface area contributed by atoms with Crippen LogP contribution < -0.4 is 16.3 Å². The number of hydrogen-bond acceptors (Lipinski definition) is 5. The van der Waals surface area contributed by atoms with Crippen molar-refractivity contribution in [2.45, 2.75) is 13.0 Å². The number of ether oxygens (including phenoxy) is 1. The first kappa shape index (κ1) is 20.4. The van der Waals surface area contributed by atoms with Gasteiger partial charge in [0, 0.05) is 23.5 Å². The summed E-state index contributed by atoms with van der Waals surface area (Å²) in [5, 5.41) is 6.53. The van der Waals surface area contributed by atoms with Crippen molar-refractivity contribution in [2.75, 3.05) is 13.2 Å². The average molecular weight is 415 g/mol. The van der Waals surface area contributed by atoms with Crippen LogP contribution in [0.5, 0.6) is 0 Å². The summed E-state index contributed by atoms with van der Waals surface area (Å²) in [7, 11) is 0. The summed E-state index contributed by atoms with van der Waals surface area (Å²) in [6.45, 7) is 0.694. The van der Waals surface area contributed by atoms with Crippen molar-refractivity contribution in [1.29, 1.82) is 0 Å². The molecule has 0 saturated carbocycles. The maximum atomic E-state index is 12.2. The molecule has 0 aliphatic rings. The Hall–Kier alpha value is -3.32. The molecule has 2 aromatic carbocycles. The van der Waals surface area contributed by atoms with E-state index in [1.807, 2.05) is 12.1 Å². The van der Waals surface area contributed by atoms with E-state index < -0.39 is 17.6 Å². The van der Waals surface area contributed by atoms with Gasteiger partial charge >= 0.3 is 11.7 Å². The zero-order valence-electron chi connectivity index (χ0n) is 15.4. The average Bonchev–Trinajstić information content (AvgIpc) is 2.72. The van der Waals surface area contributed by atoms with Crippen molar-refractivity contribution in [1.82, 2.24) is 10.6 Å². The van der Waals surface area contributed by atoms with Crippen LogP contribution >= 0.6 is 11.6 Å². The summed E-state index contributed by atoms with van der Waals surface area (Å²) in [6.07, 6.45) is -0.152. The Bertz CT molecular complexity index is 1060. The van der Waals surface area contributed by atoms with Crippen LogP contribution in [0.4, 0.5) is 4.79 Å². The zero-order chi connectivity index (χ0) is 20.6. The molecule has 1 aromatic heterocycles. The first-order valence-electron chi connectivity index (χ1n) is 8.99. The fourth-order valence-corrected chi connectivity index (χ4v) is 2.71. The Morgan fingerprint density at radius 1 is 1.03 bits per heavy atom. The molecule has 3 rings (SSSR count). The Kier molecular flexibility index (Phi) is 6.86. The lowest BCUT2D eigenvalue weighted by Crippen LogP contribution is -2.30. The molecular weight excluding hydrogens is 396 g/mol. The highest BCUT2D eigenvalue weighted by Gasteiger charge is 2.13. The van der Waals surface area contributed by atoms with E-state index in [1.165, 1.54) is 6.07 Å². The number of carbonyl (C=O) groups is 2. The van der Waals surface area contributed by atoms with Crippen molar-refractivity contribution in [3.05, 3.63) is 81.2 Å². The minimum absolute atomic E-state index is 0.0645. The number of amides is 2. The monoisotopic (exact) mass is 414 g/mol. The normalized spacial score (nSPS) is 10.5. The summed E-state index contributed by atoms with van der Waals surface area (Å²) >= 11 is 5.80. The third-order valence-corrected chi connectivity index (χ3v) is 4.33. The fraction of sp³-hybridized carbons (Fsp3) is 0.190. The second-order valence-corrected chi connectivity index (χ2v) is 6.65. The van der Waals surface area contributed by atoms with E-state index in [0.29, 0.717) is 29.0 Å². The standard InChI is InChI=1S/C21H19ClN2O5/c22-16-8-6-14(7-9-16)13-24-21(27)28-11-3-10-23-19(25)17-12-15-4-1-2-5-18(15)29-20(17)26/h1-2,4-9,12H,3,10-11,13H2,(H,23,25)(H,24,27). The maximum absolute atomic E-state index is 12.2. The first-order chi connectivity index (χ1) is 14.0. The Morgan fingerprint density at radius 3 is 2.59 bits per heavy atom. The van der Waals surface area contributed by atoms with Gasteiger partial charge in [-0.05, 0) is 36.2 Å². The summed E-state index contributed by atoms with van der Waals surface area (Å²) < 4.78 is 10.2. The molecule has 0 bridgehead atoms. The molecule has 3 aromatic rings. The molecule has 0 aliphatic carbocycles. The smallest absolute Gasteiger partial charge is 0.407 e. The minimum atomic E-state index is -0.695. The molecule has 0 aliphatic heterocycles.